The van der Waals surface area contributed by atoms with E-state index in [0.717, 1.165) is 47.4 Å². The van der Waals surface area contributed by atoms with E-state index >= 15 is 0 Å². The van der Waals surface area contributed by atoms with Gasteiger partial charge in [0.2, 0.25) is 21.8 Å². The molecule has 1 unspecified atom stereocenters. The Morgan fingerprint density at radius 3 is 2.13 bits per heavy atom. The summed E-state index contributed by atoms with van der Waals surface area (Å²) in [6, 6.07) is 24.6. The molecule has 1 aliphatic carbocycles. The Balaban J connectivity index is 1.70. The smallest absolute Gasteiger partial charge is 0.244 e. The molecule has 1 atom stereocenters. The zero-order valence-electron chi connectivity index (χ0n) is 22.0. The molecule has 7 nitrogen and oxygen atoms in total. The molecule has 1 fully saturated rings. The van der Waals surface area contributed by atoms with E-state index in [-0.39, 0.29) is 24.2 Å². The molecule has 1 N–H and O–H groups in total. The predicted molar refractivity (Wildman–Crippen MR) is 155 cm³/mol. The Labute approximate surface area is 235 Å². The molecule has 4 rings (SSSR count). The van der Waals surface area contributed by atoms with Gasteiger partial charge in [-0.15, -0.1) is 0 Å². The molecule has 2 amide bonds. The van der Waals surface area contributed by atoms with Crippen LogP contribution in [-0.4, -0.2) is 50.0 Å². The van der Waals surface area contributed by atoms with Gasteiger partial charge in [0.1, 0.15) is 12.6 Å². The first kappa shape index (κ1) is 28.6. The number of sulfonamides is 1. The van der Waals surface area contributed by atoms with Gasteiger partial charge in [-0.1, -0.05) is 91.2 Å². The summed E-state index contributed by atoms with van der Waals surface area (Å²) >= 11 is 6.14. The van der Waals surface area contributed by atoms with Crippen LogP contribution in [0, 0.1) is 0 Å². The van der Waals surface area contributed by atoms with Crippen molar-refractivity contribution in [2.24, 2.45) is 0 Å². The Morgan fingerprint density at radius 2 is 1.54 bits per heavy atom. The number of benzene rings is 3. The number of nitrogens with zero attached hydrogens (tertiary/aromatic N) is 2. The Morgan fingerprint density at radius 1 is 0.923 bits per heavy atom. The van der Waals surface area contributed by atoms with Gasteiger partial charge in [-0.2, -0.15) is 0 Å². The van der Waals surface area contributed by atoms with Crippen molar-refractivity contribution in [1.29, 1.82) is 0 Å². The first-order chi connectivity index (χ1) is 18.7. The van der Waals surface area contributed by atoms with E-state index in [1.54, 1.807) is 18.2 Å². The molecule has 206 valence electrons. The number of hydrogen-bond donors (Lipinski definition) is 1. The van der Waals surface area contributed by atoms with Crippen molar-refractivity contribution in [3.8, 4) is 0 Å². The lowest BCUT2D eigenvalue weighted by Crippen LogP contribution is -2.54. The number of halogens is 1. The fourth-order valence-corrected chi connectivity index (χ4v) is 5.97. The third-order valence-electron chi connectivity index (χ3n) is 6.94. The van der Waals surface area contributed by atoms with Crippen molar-refractivity contribution in [2.45, 2.75) is 50.7 Å². The highest BCUT2D eigenvalue weighted by atomic mass is 35.5. The first-order valence-electron chi connectivity index (χ1n) is 13.1. The molecule has 3 aromatic rings. The second-order valence-electron chi connectivity index (χ2n) is 9.95. The summed E-state index contributed by atoms with van der Waals surface area (Å²) in [5.74, 6) is -0.713. The van der Waals surface area contributed by atoms with E-state index in [0.29, 0.717) is 11.4 Å². The lowest BCUT2D eigenvalue weighted by atomic mass is 10.0. The van der Waals surface area contributed by atoms with E-state index in [4.69, 9.17) is 11.6 Å². The van der Waals surface area contributed by atoms with Crippen LogP contribution in [-0.2, 0) is 32.6 Å². The Hall–Kier alpha value is -3.36. The standard InChI is InChI=1S/C30H34ClN3O4S/c1-39(37,38)34(27-18-10-15-25(31)20-27)22-29(35)33(21-24-13-6-3-7-14-24)28(19-23-11-4-2-5-12-23)30(36)32-26-16-8-9-17-26/h2-7,10-15,18,20,26,28H,8-9,16-17,19,21-22H2,1H3,(H,32,36). The van der Waals surface area contributed by atoms with E-state index in [1.165, 1.54) is 11.0 Å². The summed E-state index contributed by atoms with van der Waals surface area (Å²) < 4.78 is 26.7. The fraction of sp³-hybridized carbons (Fsp3) is 0.333. The molecule has 0 spiro atoms. The molecular formula is C30H34ClN3O4S. The first-order valence-corrected chi connectivity index (χ1v) is 15.3. The Bertz CT molecular complexity index is 1360. The molecule has 1 saturated carbocycles. The minimum atomic E-state index is -3.83. The molecule has 0 saturated heterocycles. The molecule has 0 bridgehead atoms. The van der Waals surface area contributed by atoms with Crippen LogP contribution in [0.4, 0.5) is 5.69 Å². The quantitative estimate of drug-likeness (QED) is 0.360. The van der Waals surface area contributed by atoms with Gasteiger partial charge < -0.3 is 10.2 Å². The van der Waals surface area contributed by atoms with Gasteiger partial charge >= 0.3 is 0 Å². The lowest BCUT2D eigenvalue weighted by molar-refractivity contribution is -0.140. The van der Waals surface area contributed by atoms with Gasteiger partial charge in [-0.05, 0) is 42.2 Å². The van der Waals surface area contributed by atoms with Crippen molar-refractivity contribution in [1.82, 2.24) is 10.2 Å². The summed E-state index contributed by atoms with van der Waals surface area (Å²) in [5.41, 5.74) is 2.03. The van der Waals surface area contributed by atoms with Gasteiger partial charge in [0.25, 0.3) is 0 Å². The van der Waals surface area contributed by atoms with Gasteiger partial charge in [0.15, 0.2) is 0 Å². The van der Waals surface area contributed by atoms with Crippen molar-refractivity contribution in [3.63, 3.8) is 0 Å². The molecule has 0 aliphatic heterocycles. The number of anilines is 1. The fourth-order valence-electron chi connectivity index (χ4n) is 4.95. The van der Waals surface area contributed by atoms with Crippen LogP contribution in [0.5, 0.6) is 0 Å². The second kappa shape index (κ2) is 13.1. The summed E-state index contributed by atoms with van der Waals surface area (Å²) in [7, 11) is -3.83. The SMILES string of the molecule is CS(=O)(=O)N(CC(=O)N(Cc1ccccc1)C(Cc1ccccc1)C(=O)NC1CCCC1)c1cccc(Cl)c1. The molecule has 3 aromatic carbocycles. The zero-order valence-corrected chi connectivity index (χ0v) is 23.6. The summed E-state index contributed by atoms with van der Waals surface area (Å²) in [5, 5.41) is 3.52. The van der Waals surface area contributed by atoms with Crippen molar-refractivity contribution < 1.29 is 18.0 Å². The number of rotatable bonds is 11. The summed E-state index contributed by atoms with van der Waals surface area (Å²) in [6.45, 7) is -0.309. The minimum absolute atomic E-state index is 0.0726. The summed E-state index contributed by atoms with van der Waals surface area (Å²) in [4.78, 5) is 29.3. The molecule has 9 heteroatoms. The van der Waals surface area contributed by atoms with Gasteiger partial charge in [0, 0.05) is 24.0 Å². The maximum Gasteiger partial charge on any atom is 0.244 e. The molecule has 0 aromatic heterocycles. The number of hydrogen-bond acceptors (Lipinski definition) is 4. The zero-order chi connectivity index (χ0) is 27.8. The number of amides is 2. The minimum Gasteiger partial charge on any atom is -0.352 e. The maximum atomic E-state index is 14.0. The third kappa shape index (κ3) is 8.07. The number of carbonyl (C=O) groups excluding carboxylic acids is 2. The number of carbonyl (C=O) groups is 2. The van der Waals surface area contributed by atoms with Crippen LogP contribution in [0.3, 0.4) is 0 Å². The monoisotopic (exact) mass is 567 g/mol. The second-order valence-corrected chi connectivity index (χ2v) is 12.3. The van der Waals surface area contributed by atoms with E-state index < -0.39 is 28.5 Å². The van der Waals surface area contributed by atoms with Crippen LogP contribution < -0.4 is 9.62 Å². The van der Waals surface area contributed by atoms with Crippen LogP contribution in [0.2, 0.25) is 5.02 Å². The van der Waals surface area contributed by atoms with E-state index in [9.17, 15) is 18.0 Å². The highest BCUT2D eigenvalue weighted by Crippen LogP contribution is 2.24. The van der Waals surface area contributed by atoms with Crippen LogP contribution in [0.15, 0.2) is 84.9 Å². The van der Waals surface area contributed by atoms with Crippen LogP contribution >= 0.6 is 11.6 Å². The molecule has 39 heavy (non-hydrogen) atoms. The van der Waals surface area contributed by atoms with Crippen LogP contribution in [0.1, 0.15) is 36.8 Å². The largest absolute Gasteiger partial charge is 0.352 e. The van der Waals surface area contributed by atoms with Gasteiger partial charge in [-0.25, -0.2) is 8.42 Å². The molecule has 1 aliphatic rings. The molecular weight excluding hydrogens is 534 g/mol. The Kier molecular flexibility index (Phi) is 9.64. The average molecular weight is 568 g/mol. The number of nitrogens with one attached hydrogen (secondary N) is 1. The van der Waals surface area contributed by atoms with Gasteiger partial charge in [-0.3, -0.25) is 13.9 Å². The van der Waals surface area contributed by atoms with Crippen LogP contribution in [0.25, 0.3) is 0 Å². The summed E-state index contributed by atoms with van der Waals surface area (Å²) in [6.07, 6.45) is 5.29. The maximum absolute atomic E-state index is 14.0. The average Bonchev–Trinajstić information content (AvgIpc) is 3.42. The topological polar surface area (TPSA) is 86.8 Å². The molecule has 0 radical (unpaired) electrons. The van der Waals surface area contributed by atoms with Crippen molar-refractivity contribution in [2.75, 3.05) is 17.1 Å². The molecule has 0 heterocycles. The highest BCUT2D eigenvalue weighted by Gasteiger charge is 2.34. The van der Waals surface area contributed by atoms with Crippen molar-refractivity contribution >= 4 is 39.1 Å². The predicted octanol–water partition coefficient (Wildman–Crippen LogP) is 4.80. The van der Waals surface area contributed by atoms with E-state index in [2.05, 4.69) is 5.32 Å². The van der Waals surface area contributed by atoms with Gasteiger partial charge in [0.05, 0.1) is 11.9 Å². The lowest BCUT2D eigenvalue weighted by Gasteiger charge is -2.34. The van der Waals surface area contributed by atoms with E-state index in [1.807, 2.05) is 60.7 Å². The van der Waals surface area contributed by atoms with Crippen molar-refractivity contribution in [3.05, 3.63) is 101 Å². The third-order valence-corrected chi connectivity index (χ3v) is 8.32. The highest BCUT2D eigenvalue weighted by molar-refractivity contribution is 7.92. The normalized spacial score (nSPS) is 14.5.